The van der Waals surface area contributed by atoms with E-state index in [9.17, 15) is 0 Å². The van der Waals surface area contributed by atoms with Crippen LogP contribution in [0.1, 0.15) is 13.8 Å². The Kier molecular flexibility index (Phi) is 2.70. The fourth-order valence-electron chi connectivity index (χ4n) is 0.600. The Morgan fingerprint density at radius 2 is 1.43 bits per heavy atom. The molecule has 2 atom stereocenters. The normalized spacial score (nSPS) is 37.1. The van der Waals surface area contributed by atoms with E-state index in [4.69, 9.17) is 6.58 Å². The summed E-state index contributed by atoms with van der Waals surface area (Å²) < 4.78 is 0. The zero-order valence-electron chi connectivity index (χ0n) is 4.81. The molecule has 0 amide bonds. The van der Waals surface area contributed by atoms with Crippen LogP contribution in [0.3, 0.4) is 0 Å². The number of hydrogen-bond donors (Lipinski definition) is 0. The van der Waals surface area contributed by atoms with Gasteiger partial charge in [-0.05, 0) is 0 Å². The molecule has 1 fully saturated rings. The third-order valence-corrected chi connectivity index (χ3v) is 1.69. The van der Waals surface area contributed by atoms with E-state index in [0.717, 1.165) is 0 Å². The monoisotopic (exact) mass is 170 g/mol. The van der Waals surface area contributed by atoms with Gasteiger partial charge in [0.1, 0.15) is 0 Å². The first-order valence-electron chi connectivity index (χ1n) is 2.35. The summed E-state index contributed by atoms with van der Waals surface area (Å²) >= 11 is 0. The smallest absolute Gasteiger partial charge is 0 e. The van der Waals surface area contributed by atoms with Crippen LogP contribution in [0.15, 0.2) is 5.57 Å². The molecular formula is C6H9Y-. The Hall–Kier alpha value is 0.844. The summed E-state index contributed by atoms with van der Waals surface area (Å²) in [5, 5.41) is 0. The second kappa shape index (κ2) is 2.41. The molecule has 0 heterocycles. The van der Waals surface area contributed by atoms with Crippen LogP contribution in [-0.4, -0.2) is 0 Å². The Morgan fingerprint density at radius 1 is 1.29 bits per heavy atom. The zero-order chi connectivity index (χ0) is 4.73. The predicted molar refractivity (Wildman–Crippen MR) is 26.1 cm³/mol. The fourth-order valence-corrected chi connectivity index (χ4v) is 0.600. The van der Waals surface area contributed by atoms with Gasteiger partial charge in [0.15, 0.2) is 0 Å². The summed E-state index contributed by atoms with van der Waals surface area (Å²) in [6, 6.07) is 0. The molecule has 0 aromatic carbocycles. The van der Waals surface area contributed by atoms with Crippen molar-refractivity contribution in [2.45, 2.75) is 13.8 Å². The Morgan fingerprint density at radius 3 is 1.43 bits per heavy atom. The van der Waals surface area contributed by atoms with Gasteiger partial charge in [-0.15, -0.1) is 0 Å². The topological polar surface area (TPSA) is 0 Å². The van der Waals surface area contributed by atoms with Crippen molar-refractivity contribution in [3.63, 3.8) is 0 Å². The Labute approximate surface area is 70.3 Å². The van der Waals surface area contributed by atoms with E-state index in [2.05, 4.69) is 13.8 Å². The summed E-state index contributed by atoms with van der Waals surface area (Å²) in [5.41, 5.74) is 1.18. The molecule has 1 aliphatic rings. The van der Waals surface area contributed by atoms with Gasteiger partial charge in [0.25, 0.3) is 0 Å². The molecule has 0 aromatic rings. The maximum absolute atomic E-state index is 5.43. The van der Waals surface area contributed by atoms with Gasteiger partial charge in [0, 0.05) is 32.7 Å². The van der Waals surface area contributed by atoms with Gasteiger partial charge in [-0.1, -0.05) is 25.7 Å². The molecule has 1 radical (unpaired) electrons. The molecule has 1 aliphatic carbocycles. The molecule has 7 heavy (non-hydrogen) atoms. The standard InChI is InChI=1S/C6H9.Y/c1-4-5(2)6(4)3;/h1,5-6H,2-3H3;/q-1;. The molecule has 0 spiro atoms. The summed E-state index contributed by atoms with van der Waals surface area (Å²) in [5.74, 6) is 1.43. The maximum atomic E-state index is 5.43. The van der Waals surface area contributed by atoms with Crippen LogP contribution in [0.5, 0.6) is 0 Å². The van der Waals surface area contributed by atoms with Crippen molar-refractivity contribution in [1.29, 1.82) is 0 Å². The van der Waals surface area contributed by atoms with Gasteiger partial charge in [0.2, 0.25) is 0 Å². The number of rotatable bonds is 0. The van der Waals surface area contributed by atoms with Gasteiger partial charge in [-0.25, -0.2) is 0 Å². The summed E-state index contributed by atoms with van der Waals surface area (Å²) in [7, 11) is 0. The fraction of sp³-hybridized carbons (Fsp3) is 0.667. The average Bonchev–Trinajstić information content (AvgIpc) is 1.94. The molecule has 2 unspecified atom stereocenters. The summed E-state index contributed by atoms with van der Waals surface area (Å²) in [6.45, 7) is 9.73. The van der Waals surface area contributed by atoms with E-state index >= 15 is 0 Å². The summed E-state index contributed by atoms with van der Waals surface area (Å²) in [6.07, 6.45) is 0. The molecule has 0 N–H and O–H groups in total. The van der Waals surface area contributed by atoms with Crippen molar-refractivity contribution < 1.29 is 32.7 Å². The first-order valence-corrected chi connectivity index (χ1v) is 2.35. The van der Waals surface area contributed by atoms with Crippen LogP contribution in [-0.2, 0) is 32.7 Å². The molecule has 1 rings (SSSR count). The van der Waals surface area contributed by atoms with E-state index < -0.39 is 0 Å². The van der Waals surface area contributed by atoms with Gasteiger partial charge >= 0.3 is 0 Å². The van der Waals surface area contributed by atoms with Gasteiger partial charge in [-0.2, -0.15) is 0 Å². The molecule has 0 aromatic heterocycles. The maximum Gasteiger partial charge on any atom is 0 e. The Balaban J connectivity index is 0.000000360. The van der Waals surface area contributed by atoms with Crippen molar-refractivity contribution in [2.24, 2.45) is 11.8 Å². The van der Waals surface area contributed by atoms with Crippen molar-refractivity contribution in [1.82, 2.24) is 0 Å². The van der Waals surface area contributed by atoms with Gasteiger partial charge in [0.05, 0.1) is 0 Å². The van der Waals surface area contributed by atoms with Crippen LogP contribution in [0.2, 0.25) is 0 Å². The molecule has 0 aliphatic heterocycles. The zero-order valence-corrected chi connectivity index (χ0v) is 7.65. The molecule has 1 saturated carbocycles. The quantitative estimate of drug-likeness (QED) is 0.484. The number of hydrogen-bond acceptors (Lipinski definition) is 0. The van der Waals surface area contributed by atoms with Crippen LogP contribution < -0.4 is 0 Å². The van der Waals surface area contributed by atoms with Crippen molar-refractivity contribution in [3.05, 3.63) is 12.2 Å². The first-order chi connectivity index (χ1) is 2.73. The van der Waals surface area contributed by atoms with E-state index in [1.54, 1.807) is 0 Å². The SMILES string of the molecule is [CH-]=C1C(C)C1C.[Y]. The minimum atomic E-state index is 0. The minimum Gasteiger partial charge on any atom is -0.514 e. The van der Waals surface area contributed by atoms with Crippen molar-refractivity contribution >= 4 is 0 Å². The van der Waals surface area contributed by atoms with Crippen LogP contribution in [0.25, 0.3) is 0 Å². The van der Waals surface area contributed by atoms with Gasteiger partial charge in [-0.3, -0.25) is 5.57 Å². The summed E-state index contributed by atoms with van der Waals surface area (Å²) in [4.78, 5) is 0. The molecule has 37 valence electrons. The van der Waals surface area contributed by atoms with Crippen molar-refractivity contribution in [3.8, 4) is 0 Å². The predicted octanol–water partition coefficient (Wildman–Crippen LogP) is 1.63. The van der Waals surface area contributed by atoms with E-state index in [0.29, 0.717) is 11.8 Å². The average molecular weight is 170 g/mol. The molecule has 0 saturated heterocycles. The first kappa shape index (κ1) is 7.84. The van der Waals surface area contributed by atoms with E-state index in [-0.39, 0.29) is 32.7 Å². The third kappa shape index (κ3) is 1.37. The van der Waals surface area contributed by atoms with Crippen LogP contribution >= 0.6 is 0 Å². The second-order valence-corrected chi connectivity index (χ2v) is 2.08. The molecule has 0 bridgehead atoms. The minimum absolute atomic E-state index is 0. The van der Waals surface area contributed by atoms with Crippen LogP contribution in [0.4, 0.5) is 0 Å². The molecule has 1 heteroatoms. The third-order valence-electron chi connectivity index (χ3n) is 1.69. The van der Waals surface area contributed by atoms with E-state index in [1.807, 2.05) is 0 Å². The number of allylic oxidation sites excluding steroid dienone is 1. The Bertz CT molecular complexity index is 76.2. The van der Waals surface area contributed by atoms with E-state index in [1.165, 1.54) is 5.57 Å². The van der Waals surface area contributed by atoms with Crippen LogP contribution in [0, 0.1) is 18.4 Å². The van der Waals surface area contributed by atoms with Gasteiger partial charge < -0.3 is 6.58 Å². The molecular weight excluding hydrogens is 161 g/mol. The molecule has 0 nitrogen and oxygen atoms in total. The van der Waals surface area contributed by atoms with Crippen molar-refractivity contribution in [2.75, 3.05) is 0 Å². The second-order valence-electron chi connectivity index (χ2n) is 2.08. The largest absolute Gasteiger partial charge is 0.514 e.